The summed E-state index contributed by atoms with van der Waals surface area (Å²) in [6.45, 7) is 4.98. The van der Waals surface area contributed by atoms with Crippen LogP contribution in [0.25, 0.3) is 11.4 Å². The summed E-state index contributed by atoms with van der Waals surface area (Å²) >= 11 is 0. The normalized spacial score (nSPS) is 10.4. The lowest BCUT2D eigenvalue weighted by atomic mass is 10.1. The minimum atomic E-state index is 0.798. The molecule has 1 aromatic carbocycles. The Balaban J connectivity index is 2.34. The Bertz CT molecular complexity index is 414. The summed E-state index contributed by atoms with van der Waals surface area (Å²) in [6, 6.07) is 8.24. The number of hydrogen-bond donors (Lipinski definition) is 0. The summed E-state index contributed by atoms with van der Waals surface area (Å²) in [5.41, 5.74) is 2.33. The van der Waals surface area contributed by atoms with Crippen LogP contribution in [0.1, 0.15) is 12.5 Å². The van der Waals surface area contributed by atoms with Gasteiger partial charge in [0.1, 0.15) is 6.33 Å². The average Bonchev–Trinajstić information content (AvgIpc) is 2.67. The maximum Gasteiger partial charge on any atom is 0.181 e. The van der Waals surface area contributed by atoms with Gasteiger partial charge in [-0.1, -0.05) is 29.8 Å². The first kappa shape index (κ1) is 8.94. The van der Waals surface area contributed by atoms with Crippen molar-refractivity contribution in [2.45, 2.75) is 20.4 Å². The van der Waals surface area contributed by atoms with Gasteiger partial charge < -0.3 is 0 Å². The van der Waals surface area contributed by atoms with E-state index >= 15 is 0 Å². The fourth-order valence-corrected chi connectivity index (χ4v) is 1.28. The molecule has 2 rings (SSSR count). The van der Waals surface area contributed by atoms with Gasteiger partial charge in [0, 0.05) is 12.1 Å². The van der Waals surface area contributed by atoms with Crippen molar-refractivity contribution in [1.29, 1.82) is 0 Å². The molecule has 0 amide bonds. The van der Waals surface area contributed by atoms with E-state index < -0.39 is 0 Å². The highest BCUT2D eigenvalue weighted by Gasteiger charge is 2.01. The Morgan fingerprint density at radius 1 is 1.21 bits per heavy atom. The molecule has 3 heteroatoms. The first-order chi connectivity index (χ1) is 6.79. The number of rotatable bonds is 2. The number of aromatic nitrogens is 3. The number of benzene rings is 1. The molecular weight excluding hydrogens is 174 g/mol. The lowest BCUT2D eigenvalue weighted by Crippen LogP contribution is -1.93. The van der Waals surface area contributed by atoms with Gasteiger partial charge in [0.05, 0.1) is 0 Å². The molecule has 14 heavy (non-hydrogen) atoms. The molecule has 0 aliphatic carbocycles. The molecule has 3 nitrogen and oxygen atoms in total. The van der Waals surface area contributed by atoms with Crippen LogP contribution in [0.15, 0.2) is 30.6 Å². The van der Waals surface area contributed by atoms with E-state index in [-0.39, 0.29) is 0 Å². The SMILES string of the molecule is CCn1cnc(-c2ccc(C)cc2)n1. The molecule has 0 fully saturated rings. The fourth-order valence-electron chi connectivity index (χ4n) is 1.28. The predicted molar refractivity (Wildman–Crippen MR) is 55.9 cm³/mol. The molecule has 0 unspecified atom stereocenters. The highest BCUT2D eigenvalue weighted by atomic mass is 15.3. The van der Waals surface area contributed by atoms with Crippen LogP contribution < -0.4 is 0 Å². The second-order valence-electron chi connectivity index (χ2n) is 3.29. The molecule has 0 atom stereocenters. The van der Waals surface area contributed by atoms with Gasteiger partial charge in [-0.2, -0.15) is 5.10 Å². The smallest absolute Gasteiger partial charge is 0.181 e. The van der Waals surface area contributed by atoms with Gasteiger partial charge in [0.2, 0.25) is 0 Å². The largest absolute Gasteiger partial charge is 0.253 e. The van der Waals surface area contributed by atoms with Crippen LogP contribution in [0, 0.1) is 6.92 Å². The van der Waals surface area contributed by atoms with E-state index in [9.17, 15) is 0 Å². The first-order valence-corrected chi connectivity index (χ1v) is 4.76. The Labute approximate surface area is 83.4 Å². The topological polar surface area (TPSA) is 30.7 Å². The van der Waals surface area contributed by atoms with Crippen molar-refractivity contribution in [3.8, 4) is 11.4 Å². The van der Waals surface area contributed by atoms with Gasteiger partial charge in [-0.25, -0.2) is 4.98 Å². The molecule has 0 N–H and O–H groups in total. The zero-order valence-electron chi connectivity index (χ0n) is 8.44. The zero-order valence-corrected chi connectivity index (χ0v) is 8.44. The summed E-state index contributed by atoms with van der Waals surface area (Å²) in [7, 11) is 0. The second-order valence-corrected chi connectivity index (χ2v) is 3.29. The van der Waals surface area contributed by atoms with Crippen molar-refractivity contribution in [3.05, 3.63) is 36.2 Å². The Morgan fingerprint density at radius 2 is 1.93 bits per heavy atom. The summed E-state index contributed by atoms with van der Waals surface area (Å²) in [4.78, 5) is 4.24. The fraction of sp³-hybridized carbons (Fsp3) is 0.273. The van der Waals surface area contributed by atoms with E-state index in [2.05, 4.69) is 29.1 Å². The van der Waals surface area contributed by atoms with E-state index in [1.54, 1.807) is 6.33 Å². The van der Waals surface area contributed by atoms with E-state index in [1.165, 1.54) is 5.56 Å². The lowest BCUT2D eigenvalue weighted by molar-refractivity contribution is 0.659. The van der Waals surface area contributed by atoms with Crippen LogP contribution in [0.3, 0.4) is 0 Å². The average molecular weight is 187 g/mol. The van der Waals surface area contributed by atoms with Gasteiger partial charge >= 0.3 is 0 Å². The van der Waals surface area contributed by atoms with E-state index in [4.69, 9.17) is 0 Å². The lowest BCUT2D eigenvalue weighted by Gasteiger charge is -1.95. The first-order valence-electron chi connectivity index (χ1n) is 4.76. The maximum absolute atomic E-state index is 4.33. The molecule has 0 radical (unpaired) electrons. The predicted octanol–water partition coefficient (Wildman–Crippen LogP) is 2.27. The molecule has 1 heterocycles. The molecule has 0 aliphatic rings. The van der Waals surface area contributed by atoms with Crippen molar-refractivity contribution in [2.75, 3.05) is 0 Å². The van der Waals surface area contributed by atoms with Crippen molar-refractivity contribution in [3.63, 3.8) is 0 Å². The number of nitrogens with zero attached hydrogens (tertiary/aromatic N) is 3. The standard InChI is InChI=1S/C11H13N3/c1-3-14-8-12-11(13-14)10-6-4-9(2)5-7-10/h4-8H,3H2,1-2H3. The molecule has 72 valence electrons. The second kappa shape index (κ2) is 3.62. The zero-order chi connectivity index (χ0) is 9.97. The van der Waals surface area contributed by atoms with Gasteiger partial charge in [0.25, 0.3) is 0 Å². The van der Waals surface area contributed by atoms with Crippen molar-refractivity contribution < 1.29 is 0 Å². The van der Waals surface area contributed by atoms with E-state index in [0.29, 0.717) is 0 Å². The van der Waals surface area contributed by atoms with Crippen LogP contribution in [-0.4, -0.2) is 14.8 Å². The van der Waals surface area contributed by atoms with Crippen LogP contribution in [0.4, 0.5) is 0 Å². The van der Waals surface area contributed by atoms with Crippen molar-refractivity contribution >= 4 is 0 Å². The summed E-state index contributed by atoms with van der Waals surface area (Å²) < 4.78 is 1.83. The Kier molecular flexibility index (Phi) is 2.31. The van der Waals surface area contributed by atoms with Crippen LogP contribution >= 0.6 is 0 Å². The van der Waals surface area contributed by atoms with Gasteiger partial charge in [-0.05, 0) is 13.8 Å². The van der Waals surface area contributed by atoms with E-state index in [1.807, 2.05) is 23.7 Å². The summed E-state index contributed by atoms with van der Waals surface area (Å²) in [5, 5.41) is 4.33. The van der Waals surface area contributed by atoms with Gasteiger partial charge in [0.15, 0.2) is 5.82 Å². The highest BCUT2D eigenvalue weighted by molar-refractivity contribution is 5.54. The van der Waals surface area contributed by atoms with Crippen molar-refractivity contribution in [1.82, 2.24) is 14.8 Å². The van der Waals surface area contributed by atoms with Crippen LogP contribution in [0.2, 0.25) is 0 Å². The van der Waals surface area contributed by atoms with E-state index in [0.717, 1.165) is 17.9 Å². The molecular formula is C11H13N3. The molecule has 0 saturated heterocycles. The molecule has 0 spiro atoms. The minimum Gasteiger partial charge on any atom is -0.253 e. The third-order valence-corrected chi connectivity index (χ3v) is 2.17. The molecule has 0 saturated carbocycles. The molecule has 1 aromatic heterocycles. The summed E-state index contributed by atoms with van der Waals surface area (Å²) in [5.74, 6) is 0.798. The van der Waals surface area contributed by atoms with Gasteiger partial charge in [-0.15, -0.1) is 0 Å². The number of aryl methyl sites for hydroxylation is 2. The summed E-state index contributed by atoms with van der Waals surface area (Å²) in [6.07, 6.45) is 1.76. The molecule has 2 aromatic rings. The van der Waals surface area contributed by atoms with Crippen molar-refractivity contribution in [2.24, 2.45) is 0 Å². The maximum atomic E-state index is 4.33. The van der Waals surface area contributed by atoms with Gasteiger partial charge in [-0.3, -0.25) is 4.68 Å². The van der Waals surface area contributed by atoms with Crippen LogP contribution in [0.5, 0.6) is 0 Å². The molecule has 0 aliphatic heterocycles. The monoisotopic (exact) mass is 187 g/mol. The Hall–Kier alpha value is -1.64. The third kappa shape index (κ3) is 1.66. The quantitative estimate of drug-likeness (QED) is 0.722. The third-order valence-electron chi connectivity index (χ3n) is 2.17. The number of hydrogen-bond acceptors (Lipinski definition) is 2. The molecule has 0 bridgehead atoms. The minimum absolute atomic E-state index is 0.798. The highest BCUT2D eigenvalue weighted by Crippen LogP contribution is 2.14. The Morgan fingerprint density at radius 3 is 2.50 bits per heavy atom. The van der Waals surface area contributed by atoms with Crippen LogP contribution in [-0.2, 0) is 6.54 Å².